The highest BCUT2D eigenvalue weighted by atomic mass is 35.5. The molecule has 0 saturated carbocycles. The lowest BCUT2D eigenvalue weighted by molar-refractivity contribution is 0.217. The second-order valence-corrected chi connectivity index (χ2v) is 6.76. The molecule has 0 saturated heterocycles. The van der Waals surface area contributed by atoms with Crippen LogP contribution in [-0.2, 0) is 0 Å². The van der Waals surface area contributed by atoms with Gasteiger partial charge in [0.1, 0.15) is 11.5 Å². The van der Waals surface area contributed by atoms with Crippen molar-refractivity contribution in [1.29, 1.82) is 0 Å². The molecule has 2 rings (SSSR count). The van der Waals surface area contributed by atoms with Crippen LogP contribution in [0.15, 0.2) is 42.5 Å². The SMILES string of the molecule is CCC(C)Oc1ccc(NCCCCOc2ccc(Cl)cc2Cl)cc1. The molecular weight excluding hydrogens is 357 g/mol. The molecule has 0 fully saturated rings. The summed E-state index contributed by atoms with van der Waals surface area (Å²) in [6, 6.07) is 13.4. The quantitative estimate of drug-likeness (QED) is 0.480. The third-order valence-corrected chi connectivity index (χ3v) is 4.35. The number of ether oxygens (including phenoxy) is 2. The maximum Gasteiger partial charge on any atom is 0.137 e. The normalized spacial score (nSPS) is 11.8. The average Bonchev–Trinajstić information content (AvgIpc) is 2.60. The van der Waals surface area contributed by atoms with Crippen molar-refractivity contribution in [3.8, 4) is 11.5 Å². The molecule has 0 aromatic heterocycles. The maximum absolute atomic E-state index is 6.07. The number of benzene rings is 2. The van der Waals surface area contributed by atoms with Crippen molar-refractivity contribution in [3.63, 3.8) is 0 Å². The van der Waals surface area contributed by atoms with E-state index in [1.54, 1.807) is 18.2 Å². The molecule has 2 aromatic carbocycles. The van der Waals surface area contributed by atoms with E-state index >= 15 is 0 Å². The number of halogens is 2. The Balaban J connectivity index is 1.62. The van der Waals surface area contributed by atoms with Gasteiger partial charge >= 0.3 is 0 Å². The van der Waals surface area contributed by atoms with Gasteiger partial charge in [-0.25, -0.2) is 0 Å². The van der Waals surface area contributed by atoms with Crippen LogP contribution < -0.4 is 14.8 Å². The molecular formula is C20H25Cl2NO2. The molecule has 0 bridgehead atoms. The molecule has 5 heteroatoms. The fourth-order valence-electron chi connectivity index (χ4n) is 2.20. The Labute approximate surface area is 160 Å². The summed E-state index contributed by atoms with van der Waals surface area (Å²) in [5.41, 5.74) is 1.10. The van der Waals surface area contributed by atoms with Gasteiger partial charge in [0.25, 0.3) is 0 Å². The molecule has 1 N–H and O–H groups in total. The largest absolute Gasteiger partial charge is 0.492 e. The standard InChI is InChI=1S/C20H25Cl2NO2/c1-3-15(2)25-18-9-7-17(8-10-18)23-12-4-5-13-24-20-11-6-16(21)14-19(20)22/h6-11,14-15,23H,3-5,12-13H2,1-2H3. The Kier molecular flexibility index (Phi) is 8.23. The molecule has 0 spiro atoms. The van der Waals surface area contributed by atoms with Crippen LogP contribution in [0.25, 0.3) is 0 Å². The zero-order chi connectivity index (χ0) is 18.1. The lowest BCUT2D eigenvalue weighted by Gasteiger charge is -2.13. The van der Waals surface area contributed by atoms with Gasteiger partial charge in [0.05, 0.1) is 17.7 Å². The Hall–Kier alpha value is -1.58. The van der Waals surface area contributed by atoms with Crippen LogP contribution in [0.3, 0.4) is 0 Å². The monoisotopic (exact) mass is 381 g/mol. The predicted molar refractivity (Wildman–Crippen MR) is 107 cm³/mol. The smallest absolute Gasteiger partial charge is 0.137 e. The molecule has 0 amide bonds. The van der Waals surface area contributed by atoms with E-state index in [0.29, 0.717) is 22.4 Å². The van der Waals surface area contributed by atoms with Crippen molar-refractivity contribution in [2.45, 2.75) is 39.2 Å². The number of rotatable bonds is 10. The first-order chi connectivity index (χ1) is 12.1. The van der Waals surface area contributed by atoms with Crippen LogP contribution in [0.5, 0.6) is 11.5 Å². The van der Waals surface area contributed by atoms with Crippen molar-refractivity contribution in [2.24, 2.45) is 0 Å². The third kappa shape index (κ3) is 7.05. The minimum Gasteiger partial charge on any atom is -0.492 e. The maximum atomic E-state index is 6.07. The van der Waals surface area contributed by atoms with E-state index in [1.165, 1.54) is 0 Å². The van der Waals surface area contributed by atoms with E-state index < -0.39 is 0 Å². The zero-order valence-corrected chi connectivity index (χ0v) is 16.2. The zero-order valence-electron chi connectivity index (χ0n) is 14.7. The number of hydrogen-bond donors (Lipinski definition) is 1. The molecule has 25 heavy (non-hydrogen) atoms. The van der Waals surface area contributed by atoms with Crippen molar-refractivity contribution in [3.05, 3.63) is 52.5 Å². The molecule has 0 aliphatic rings. The Morgan fingerprint density at radius 2 is 1.80 bits per heavy atom. The van der Waals surface area contributed by atoms with Crippen molar-refractivity contribution in [2.75, 3.05) is 18.5 Å². The molecule has 0 radical (unpaired) electrons. The fraction of sp³-hybridized carbons (Fsp3) is 0.400. The van der Waals surface area contributed by atoms with E-state index in [2.05, 4.69) is 19.2 Å². The number of hydrogen-bond acceptors (Lipinski definition) is 3. The van der Waals surface area contributed by atoms with Crippen LogP contribution in [-0.4, -0.2) is 19.3 Å². The van der Waals surface area contributed by atoms with Gasteiger partial charge < -0.3 is 14.8 Å². The summed E-state index contributed by atoms with van der Waals surface area (Å²) in [5, 5.41) is 4.56. The van der Waals surface area contributed by atoms with Gasteiger partial charge in [-0.05, 0) is 68.7 Å². The number of nitrogens with one attached hydrogen (secondary N) is 1. The molecule has 136 valence electrons. The summed E-state index contributed by atoms with van der Waals surface area (Å²) >= 11 is 11.9. The molecule has 3 nitrogen and oxygen atoms in total. The van der Waals surface area contributed by atoms with E-state index in [0.717, 1.165) is 37.2 Å². The summed E-state index contributed by atoms with van der Waals surface area (Å²) in [6.45, 7) is 5.71. The molecule has 0 aliphatic carbocycles. The van der Waals surface area contributed by atoms with Gasteiger partial charge in [-0.3, -0.25) is 0 Å². The second kappa shape index (κ2) is 10.4. The Morgan fingerprint density at radius 1 is 1.04 bits per heavy atom. The van der Waals surface area contributed by atoms with Crippen LogP contribution >= 0.6 is 23.2 Å². The van der Waals surface area contributed by atoms with Crippen molar-refractivity contribution in [1.82, 2.24) is 0 Å². The first kappa shape index (κ1) is 19.7. The van der Waals surface area contributed by atoms with Crippen LogP contribution in [0.4, 0.5) is 5.69 Å². The molecule has 2 aromatic rings. The highest BCUT2D eigenvalue weighted by Gasteiger charge is 2.03. The number of unbranched alkanes of at least 4 members (excludes halogenated alkanes) is 1. The lowest BCUT2D eigenvalue weighted by atomic mass is 10.2. The summed E-state index contributed by atoms with van der Waals surface area (Å²) in [6.07, 6.45) is 3.20. The van der Waals surface area contributed by atoms with Gasteiger partial charge in [-0.15, -0.1) is 0 Å². The molecule has 0 aliphatic heterocycles. The van der Waals surface area contributed by atoms with Gasteiger partial charge in [-0.2, -0.15) is 0 Å². The van der Waals surface area contributed by atoms with Gasteiger partial charge in [0, 0.05) is 17.3 Å². The third-order valence-electron chi connectivity index (χ3n) is 3.82. The topological polar surface area (TPSA) is 30.5 Å². The summed E-state index contributed by atoms with van der Waals surface area (Å²) in [4.78, 5) is 0. The summed E-state index contributed by atoms with van der Waals surface area (Å²) < 4.78 is 11.4. The van der Waals surface area contributed by atoms with Gasteiger partial charge in [0.15, 0.2) is 0 Å². The van der Waals surface area contributed by atoms with Crippen molar-refractivity contribution < 1.29 is 9.47 Å². The minimum absolute atomic E-state index is 0.243. The van der Waals surface area contributed by atoms with Crippen molar-refractivity contribution >= 4 is 28.9 Å². The van der Waals surface area contributed by atoms with Crippen LogP contribution in [0.2, 0.25) is 10.0 Å². The summed E-state index contributed by atoms with van der Waals surface area (Å²) in [5.74, 6) is 1.59. The highest BCUT2D eigenvalue weighted by molar-refractivity contribution is 6.35. The second-order valence-electron chi connectivity index (χ2n) is 5.92. The Morgan fingerprint density at radius 3 is 2.48 bits per heavy atom. The highest BCUT2D eigenvalue weighted by Crippen LogP contribution is 2.27. The van der Waals surface area contributed by atoms with Crippen LogP contribution in [0, 0.1) is 0 Å². The van der Waals surface area contributed by atoms with E-state index in [-0.39, 0.29) is 6.10 Å². The van der Waals surface area contributed by atoms with Gasteiger partial charge in [-0.1, -0.05) is 30.1 Å². The minimum atomic E-state index is 0.243. The average molecular weight is 382 g/mol. The molecule has 0 heterocycles. The fourth-order valence-corrected chi connectivity index (χ4v) is 2.66. The molecule has 1 unspecified atom stereocenters. The van der Waals surface area contributed by atoms with E-state index in [9.17, 15) is 0 Å². The van der Waals surface area contributed by atoms with Crippen LogP contribution in [0.1, 0.15) is 33.1 Å². The summed E-state index contributed by atoms with van der Waals surface area (Å²) in [7, 11) is 0. The number of anilines is 1. The van der Waals surface area contributed by atoms with Gasteiger partial charge in [0.2, 0.25) is 0 Å². The Bertz CT molecular complexity index is 647. The first-order valence-corrected chi connectivity index (χ1v) is 9.42. The van der Waals surface area contributed by atoms with E-state index in [4.69, 9.17) is 32.7 Å². The first-order valence-electron chi connectivity index (χ1n) is 8.67. The van der Waals surface area contributed by atoms with E-state index in [1.807, 2.05) is 24.3 Å². The molecule has 1 atom stereocenters. The lowest BCUT2D eigenvalue weighted by Crippen LogP contribution is -2.09. The predicted octanol–water partition coefficient (Wildman–Crippen LogP) is 6.44.